The number of anilines is 1. The van der Waals surface area contributed by atoms with E-state index in [1.807, 2.05) is 31.2 Å². The standard InChI is InChI=1S/C31H30F3N5O4/c1-30(20-38-19-28(39(40)41)35-29(38)43-30)21-42-27-12-6-24(7-13-27)23-4-10-26(11-5-23)37-16-14-36(15-17-37)18-22-2-8-25(9-3-22)31(32,33)34/h2-13,19H,14-18,20-21H2,1H3/t30-/m1/s1. The van der Waals surface area contributed by atoms with E-state index in [-0.39, 0.29) is 18.4 Å². The predicted molar refractivity (Wildman–Crippen MR) is 154 cm³/mol. The number of aromatic nitrogens is 2. The summed E-state index contributed by atoms with van der Waals surface area (Å²) in [6, 6.07) is 21.8. The van der Waals surface area contributed by atoms with Crippen LogP contribution in [0.5, 0.6) is 11.8 Å². The molecule has 0 unspecified atom stereocenters. The summed E-state index contributed by atoms with van der Waals surface area (Å²) in [5.74, 6) is 0.453. The van der Waals surface area contributed by atoms with E-state index < -0.39 is 22.3 Å². The number of benzene rings is 3. The fourth-order valence-electron chi connectivity index (χ4n) is 5.42. The van der Waals surface area contributed by atoms with Gasteiger partial charge in [-0.15, -0.1) is 0 Å². The summed E-state index contributed by atoms with van der Waals surface area (Å²) in [7, 11) is 0. The quantitative estimate of drug-likeness (QED) is 0.182. The number of rotatable bonds is 8. The Bertz CT molecular complexity index is 1560. The van der Waals surface area contributed by atoms with Gasteiger partial charge in [-0.3, -0.25) is 9.47 Å². The second-order valence-electron chi connectivity index (χ2n) is 11.1. The van der Waals surface area contributed by atoms with Gasteiger partial charge in [-0.05, 0) is 64.9 Å². The van der Waals surface area contributed by atoms with Crippen LogP contribution in [-0.4, -0.2) is 57.8 Å². The van der Waals surface area contributed by atoms with Gasteiger partial charge < -0.3 is 24.5 Å². The molecule has 1 atom stereocenters. The van der Waals surface area contributed by atoms with E-state index in [9.17, 15) is 23.3 Å². The van der Waals surface area contributed by atoms with Crippen molar-refractivity contribution in [1.82, 2.24) is 14.5 Å². The number of hydrogen-bond donors (Lipinski definition) is 0. The monoisotopic (exact) mass is 593 g/mol. The maximum atomic E-state index is 12.8. The van der Waals surface area contributed by atoms with Crippen LogP contribution in [0.1, 0.15) is 18.1 Å². The molecule has 0 bridgehead atoms. The average Bonchev–Trinajstić information content (AvgIpc) is 3.53. The molecule has 0 N–H and O–H groups in total. The minimum Gasteiger partial charge on any atom is -0.489 e. The zero-order valence-electron chi connectivity index (χ0n) is 23.5. The fraction of sp³-hybridized carbons (Fsp3) is 0.323. The van der Waals surface area contributed by atoms with Gasteiger partial charge in [-0.1, -0.05) is 36.4 Å². The van der Waals surface area contributed by atoms with Crippen LogP contribution in [-0.2, 0) is 19.3 Å². The molecule has 3 aromatic carbocycles. The molecule has 12 heteroatoms. The summed E-state index contributed by atoms with van der Waals surface area (Å²) in [5.41, 5.74) is 2.84. The Morgan fingerprint density at radius 1 is 0.953 bits per heavy atom. The number of piperazine rings is 1. The minimum atomic E-state index is -4.31. The van der Waals surface area contributed by atoms with Crippen molar-refractivity contribution in [2.45, 2.75) is 31.8 Å². The predicted octanol–water partition coefficient (Wildman–Crippen LogP) is 6.03. The first-order valence-electron chi connectivity index (χ1n) is 13.9. The Morgan fingerprint density at radius 3 is 2.16 bits per heavy atom. The first kappa shape index (κ1) is 28.5. The van der Waals surface area contributed by atoms with Gasteiger partial charge in [0.25, 0.3) is 0 Å². The third-order valence-electron chi connectivity index (χ3n) is 7.78. The highest BCUT2D eigenvalue weighted by molar-refractivity contribution is 5.67. The highest BCUT2D eigenvalue weighted by Crippen LogP contribution is 2.32. The van der Waals surface area contributed by atoms with Crippen LogP contribution in [0.15, 0.2) is 79.0 Å². The van der Waals surface area contributed by atoms with E-state index in [2.05, 4.69) is 39.0 Å². The van der Waals surface area contributed by atoms with Crippen molar-refractivity contribution in [3.05, 3.63) is 100 Å². The fourth-order valence-corrected chi connectivity index (χ4v) is 5.42. The van der Waals surface area contributed by atoms with Gasteiger partial charge in [-0.2, -0.15) is 13.2 Å². The highest BCUT2D eigenvalue weighted by atomic mass is 19.4. The molecular formula is C31H30F3N5O4. The molecule has 1 aromatic heterocycles. The molecular weight excluding hydrogens is 563 g/mol. The lowest BCUT2D eigenvalue weighted by molar-refractivity contribution is -0.389. The summed E-state index contributed by atoms with van der Waals surface area (Å²) < 4.78 is 51.9. The van der Waals surface area contributed by atoms with Crippen molar-refractivity contribution >= 4 is 11.5 Å². The lowest BCUT2D eigenvalue weighted by atomic mass is 10.0. The maximum absolute atomic E-state index is 12.8. The molecule has 0 spiro atoms. The second-order valence-corrected chi connectivity index (χ2v) is 11.1. The number of nitrogens with zero attached hydrogens (tertiary/aromatic N) is 5. The molecule has 0 radical (unpaired) electrons. The molecule has 0 saturated carbocycles. The van der Waals surface area contributed by atoms with Crippen molar-refractivity contribution in [3.63, 3.8) is 0 Å². The summed E-state index contributed by atoms with van der Waals surface area (Å²) >= 11 is 0. The number of nitro groups is 1. The van der Waals surface area contributed by atoms with Crippen molar-refractivity contribution in [1.29, 1.82) is 0 Å². The molecule has 0 aliphatic carbocycles. The Labute approximate surface area is 246 Å². The number of ether oxygens (including phenoxy) is 2. The molecule has 3 heterocycles. The van der Waals surface area contributed by atoms with Crippen LogP contribution in [0.2, 0.25) is 0 Å². The minimum absolute atomic E-state index is 0.219. The zero-order valence-corrected chi connectivity index (χ0v) is 23.5. The molecule has 6 rings (SSSR count). The van der Waals surface area contributed by atoms with Crippen LogP contribution in [0.3, 0.4) is 0 Å². The Morgan fingerprint density at radius 2 is 1.58 bits per heavy atom. The third-order valence-corrected chi connectivity index (χ3v) is 7.78. The van der Waals surface area contributed by atoms with Crippen molar-refractivity contribution in [3.8, 4) is 22.9 Å². The maximum Gasteiger partial charge on any atom is 0.416 e. The number of alkyl halides is 3. The third kappa shape index (κ3) is 6.43. The van der Waals surface area contributed by atoms with Gasteiger partial charge in [0, 0.05) is 43.4 Å². The first-order valence-corrected chi connectivity index (χ1v) is 13.9. The SMILES string of the molecule is C[C@]1(COc2ccc(-c3ccc(N4CCN(Cc5ccc(C(F)(F)F)cc5)CC4)cc3)cc2)Cn2cc([N+](=O)[O-])nc2O1. The molecule has 2 aliphatic rings. The lowest BCUT2D eigenvalue weighted by Crippen LogP contribution is -2.45. The van der Waals surface area contributed by atoms with Crippen molar-refractivity contribution < 1.29 is 27.6 Å². The molecule has 1 fully saturated rings. The lowest BCUT2D eigenvalue weighted by Gasteiger charge is -2.36. The van der Waals surface area contributed by atoms with E-state index >= 15 is 0 Å². The van der Waals surface area contributed by atoms with Crippen LogP contribution in [0.4, 0.5) is 24.7 Å². The zero-order chi connectivity index (χ0) is 30.2. The number of fused-ring (bicyclic) bond motifs is 1. The van der Waals surface area contributed by atoms with E-state index in [1.165, 1.54) is 6.20 Å². The molecule has 224 valence electrons. The summed E-state index contributed by atoms with van der Waals surface area (Å²) in [4.78, 5) is 18.8. The van der Waals surface area contributed by atoms with Crippen LogP contribution in [0, 0.1) is 10.1 Å². The van der Waals surface area contributed by atoms with Gasteiger partial charge in [-0.25, -0.2) is 0 Å². The number of hydrogen-bond acceptors (Lipinski definition) is 7. The van der Waals surface area contributed by atoms with Gasteiger partial charge >= 0.3 is 18.0 Å². The van der Waals surface area contributed by atoms with E-state index in [0.29, 0.717) is 18.8 Å². The van der Waals surface area contributed by atoms with E-state index in [0.717, 1.165) is 60.7 Å². The largest absolute Gasteiger partial charge is 0.489 e. The van der Waals surface area contributed by atoms with E-state index in [1.54, 1.807) is 16.7 Å². The first-order chi connectivity index (χ1) is 20.5. The molecule has 4 aromatic rings. The Balaban J connectivity index is 0.982. The average molecular weight is 594 g/mol. The van der Waals surface area contributed by atoms with Gasteiger partial charge in [0.1, 0.15) is 18.6 Å². The van der Waals surface area contributed by atoms with Crippen LogP contribution >= 0.6 is 0 Å². The van der Waals surface area contributed by atoms with Gasteiger partial charge in [0.2, 0.25) is 0 Å². The normalized spacial score (nSPS) is 18.7. The summed E-state index contributed by atoms with van der Waals surface area (Å²) in [5, 5.41) is 10.9. The summed E-state index contributed by atoms with van der Waals surface area (Å²) in [6.45, 7) is 6.51. The van der Waals surface area contributed by atoms with E-state index in [4.69, 9.17) is 9.47 Å². The molecule has 2 aliphatic heterocycles. The number of imidazole rings is 1. The Hall–Kier alpha value is -4.58. The van der Waals surface area contributed by atoms with Gasteiger partial charge in [0.05, 0.1) is 12.1 Å². The molecule has 43 heavy (non-hydrogen) atoms. The smallest absolute Gasteiger partial charge is 0.416 e. The Kier molecular flexibility index (Phi) is 7.47. The van der Waals surface area contributed by atoms with Crippen LogP contribution < -0.4 is 14.4 Å². The highest BCUT2D eigenvalue weighted by Gasteiger charge is 2.41. The second kappa shape index (κ2) is 11.3. The van der Waals surface area contributed by atoms with Crippen molar-refractivity contribution in [2.24, 2.45) is 0 Å². The summed E-state index contributed by atoms with van der Waals surface area (Å²) in [6.07, 6.45) is -2.95. The van der Waals surface area contributed by atoms with Gasteiger partial charge in [0.15, 0.2) is 5.60 Å². The van der Waals surface area contributed by atoms with Crippen molar-refractivity contribution in [2.75, 3.05) is 37.7 Å². The molecule has 0 amide bonds. The molecule has 1 saturated heterocycles. The molecule has 9 nitrogen and oxygen atoms in total. The topological polar surface area (TPSA) is 85.9 Å². The number of halogens is 3. The van der Waals surface area contributed by atoms with Crippen LogP contribution in [0.25, 0.3) is 11.1 Å².